The number of amides is 2. The van der Waals surface area contributed by atoms with E-state index in [0.717, 1.165) is 37.5 Å². The van der Waals surface area contributed by atoms with Crippen LogP contribution in [-0.2, 0) is 0 Å². The molecule has 1 rings (SSSR count). The maximum absolute atomic E-state index is 11.5. The predicted molar refractivity (Wildman–Crippen MR) is 71.0 cm³/mol. The van der Waals surface area contributed by atoms with Crippen molar-refractivity contribution in [2.75, 3.05) is 12.3 Å². The Morgan fingerprint density at radius 3 is 2.88 bits per heavy atom. The molecule has 0 aromatic rings. The van der Waals surface area contributed by atoms with Crippen LogP contribution in [0.15, 0.2) is 0 Å². The topological polar surface area (TPSA) is 41.1 Å². The summed E-state index contributed by atoms with van der Waals surface area (Å²) in [6.45, 7) is 5.12. The Balaban J connectivity index is 2.11. The average Bonchev–Trinajstić information content (AvgIpc) is 2.66. The minimum Gasteiger partial charge on any atom is -0.338 e. The second-order valence-electron chi connectivity index (χ2n) is 4.34. The number of thioether (sulfide) groups is 1. The van der Waals surface area contributed by atoms with Crippen LogP contribution in [0.5, 0.6) is 0 Å². The van der Waals surface area contributed by atoms with Gasteiger partial charge in [-0.05, 0) is 31.4 Å². The highest BCUT2D eigenvalue weighted by molar-refractivity contribution is 7.99. The smallest absolute Gasteiger partial charge is 0.315 e. The van der Waals surface area contributed by atoms with Gasteiger partial charge < -0.3 is 10.6 Å². The summed E-state index contributed by atoms with van der Waals surface area (Å²) in [4.78, 5) is 11.5. The van der Waals surface area contributed by atoms with Gasteiger partial charge in [0.05, 0.1) is 0 Å². The first-order valence-electron chi connectivity index (χ1n) is 6.42. The molecule has 1 aliphatic carbocycles. The normalized spacial score (nSPS) is 24.4. The molecule has 0 spiro atoms. The van der Waals surface area contributed by atoms with Crippen molar-refractivity contribution in [1.29, 1.82) is 0 Å². The van der Waals surface area contributed by atoms with Crippen molar-refractivity contribution >= 4 is 17.8 Å². The first kappa shape index (κ1) is 13.7. The molecular formula is C12H24N2OS. The molecule has 0 bridgehead atoms. The Kier molecular flexibility index (Phi) is 6.69. The molecule has 0 aliphatic heterocycles. The van der Waals surface area contributed by atoms with E-state index < -0.39 is 0 Å². The van der Waals surface area contributed by atoms with Gasteiger partial charge in [-0.15, -0.1) is 0 Å². The maximum atomic E-state index is 11.5. The molecule has 1 saturated carbocycles. The second-order valence-corrected chi connectivity index (χ2v) is 5.92. The number of rotatable bonds is 6. The predicted octanol–water partition coefficient (Wildman–Crippen LogP) is 2.76. The fourth-order valence-electron chi connectivity index (χ4n) is 2.07. The van der Waals surface area contributed by atoms with Crippen LogP contribution in [0.25, 0.3) is 0 Å². The van der Waals surface area contributed by atoms with Crippen molar-refractivity contribution in [2.24, 2.45) is 0 Å². The van der Waals surface area contributed by atoms with Crippen molar-refractivity contribution in [1.82, 2.24) is 10.6 Å². The summed E-state index contributed by atoms with van der Waals surface area (Å²) in [6.07, 6.45) is 5.71. The average molecular weight is 244 g/mol. The molecule has 4 heteroatoms. The second kappa shape index (κ2) is 7.82. The molecule has 0 saturated heterocycles. The molecule has 2 N–H and O–H groups in total. The van der Waals surface area contributed by atoms with Gasteiger partial charge in [-0.25, -0.2) is 4.79 Å². The Labute approximate surface area is 103 Å². The summed E-state index contributed by atoms with van der Waals surface area (Å²) >= 11 is 2.02. The summed E-state index contributed by atoms with van der Waals surface area (Å²) in [5.74, 6) is 1.18. The largest absolute Gasteiger partial charge is 0.338 e. The van der Waals surface area contributed by atoms with E-state index in [0.29, 0.717) is 6.04 Å². The number of urea groups is 1. The molecule has 94 valence electrons. The molecule has 0 aromatic carbocycles. The summed E-state index contributed by atoms with van der Waals surface area (Å²) in [5, 5.41) is 6.72. The Morgan fingerprint density at radius 1 is 1.38 bits per heavy atom. The number of carbonyl (C=O) groups is 1. The third kappa shape index (κ3) is 5.10. The lowest BCUT2D eigenvalue weighted by Gasteiger charge is -2.13. The zero-order chi connectivity index (χ0) is 11.8. The monoisotopic (exact) mass is 244 g/mol. The van der Waals surface area contributed by atoms with E-state index in [9.17, 15) is 4.79 Å². The first-order valence-corrected chi connectivity index (χ1v) is 7.47. The Morgan fingerprint density at radius 2 is 2.19 bits per heavy atom. The van der Waals surface area contributed by atoms with E-state index in [1.54, 1.807) is 0 Å². The fourth-order valence-corrected chi connectivity index (χ4v) is 3.22. The van der Waals surface area contributed by atoms with E-state index >= 15 is 0 Å². The molecule has 1 aliphatic rings. The van der Waals surface area contributed by atoms with Gasteiger partial charge in [0.25, 0.3) is 0 Å². The number of unbranched alkanes of at least 4 members (excludes halogenated alkanes) is 1. The lowest BCUT2D eigenvalue weighted by Crippen LogP contribution is -2.41. The van der Waals surface area contributed by atoms with Gasteiger partial charge >= 0.3 is 6.03 Å². The highest BCUT2D eigenvalue weighted by Gasteiger charge is 2.25. The lowest BCUT2D eigenvalue weighted by atomic mass is 10.2. The van der Waals surface area contributed by atoms with Gasteiger partial charge in [0.2, 0.25) is 0 Å². The number of nitrogens with one attached hydrogen (secondary N) is 2. The van der Waals surface area contributed by atoms with E-state index in [-0.39, 0.29) is 6.03 Å². The minimum absolute atomic E-state index is 0.0144. The summed E-state index contributed by atoms with van der Waals surface area (Å²) < 4.78 is 0. The van der Waals surface area contributed by atoms with Gasteiger partial charge in [0, 0.05) is 17.8 Å². The van der Waals surface area contributed by atoms with Crippen molar-refractivity contribution in [3.63, 3.8) is 0 Å². The van der Waals surface area contributed by atoms with E-state index in [4.69, 9.17) is 0 Å². The standard InChI is InChI=1S/C12H24N2OS/c1-3-5-8-13-12(15)14-10-6-7-11(9-10)16-4-2/h10-11H,3-9H2,1-2H3,(H2,13,14,15). The summed E-state index contributed by atoms with van der Waals surface area (Å²) in [5.41, 5.74) is 0. The van der Waals surface area contributed by atoms with Crippen molar-refractivity contribution < 1.29 is 4.79 Å². The summed E-state index contributed by atoms with van der Waals surface area (Å²) in [6, 6.07) is 0.409. The number of hydrogen-bond donors (Lipinski definition) is 2. The van der Waals surface area contributed by atoms with E-state index in [1.165, 1.54) is 12.2 Å². The SMILES string of the molecule is CCCCNC(=O)NC1CCC(SCC)C1. The fraction of sp³-hybridized carbons (Fsp3) is 0.917. The van der Waals surface area contributed by atoms with Crippen molar-refractivity contribution in [3.8, 4) is 0 Å². The highest BCUT2D eigenvalue weighted by Crippen LogP contribution is 2.29. The van der Waals surface area contributed by atoms with Crippen LogP contribution < -0.4 is 10.6 Å². The van der Waals surface area contributed by atoms with Gasteiger partial charge in [-0.1, -0.05) is 20.3 Å². The molecule has 2 unspecified atom stereocenters. The molecule has 0 aromatic heterocycles. The molecule has 3 nitrogen and oxygen atoms in total. The highest BCUT2D eigenvalue weighted by atomic mass is 32.2. The van der Waals surface area contributed by atoms with Crippen LogP contribution in [0, 0.1) is 0 Å². The first-order chi connectivity index (χ1) is 7.76. The van der Waals surface area contributed by atoms with Crippen molar-refractivity contribution in [3.05, 3.63) is 0 Å². The number of hydrogen-bond acceptors (Lipinski definition) is 2. The van der Waals surface area contributed by atoms with E-state index in [1.807, 2.05) is 11.8 Å². The third-order valence-corrected chi connectivity index (χ3v) is 4.17. The molecule has 0 heterocycles. The summed E-state index contributed by atoms with van der Waals surface area (Å²) in [7, 11) is 0. The molecule has 16 heavy (non-hydrogen) atoms. The third-order valence-electron chi connectivity index (χ3n) is 2.94. The van der Waals surface area contributed by atoms with Crippen LogP contribution in [0.3, 0.4) is 0 Å². The van der Waals surface area contributed by atoms with Gasteiger partial charge in [0.15, 0.2) is 0 Å². The molecular weight excluding hydrogens is 220 g/mol. The van der Waals surface area contributed by atoms with Crippen LogP contribution in [0.1, 0.15) is 46.0 Å². The van der Waals surface area contributed by atoms with Crippen LogP contribution >= 0.6 is 11.8 Å². The van der Waals surface area contributed by atoms with Gasteiger partial charge in [0.1, 0.15) is 0 Å². The van der Waals surface area contributed by atoms with Crippen molar-refractivity contribution in [2.45, 2.75) is 57.2 Å². The Hall–Kier alpha value is -0.380. The number of carbonyl (C=O) groups excluding carboxylic acids is 1. The van der Waals surface area contributed by atoms with Crippen LogP contribution in [0.2, 0.25) is 0 Å². The van der Waals surface area contributed by atoms with Crippen LogP contribution in [-0.4, -0.2) is 29.6 Å². The Bertz CT molecular complexity index is 211. The maximum Gasteiger partial charge on any atom is 0.315 e. The lowest BCUT2D eigenvalue weighted by molar-refractivity contribution is 0.237. The van der Waals surface area contributed by atoms with Crippen LogP contribution in [0.4, 0.5) is 4.79 Å². The minimum atomic E-state index is 0.0144. The van der Waals surface area contributed by atoms with E-state index in [2.05, 4.69) is 24.5 Å². The molecule has 2 atom stereocenters. The van der Waals surface area contributed by atoms with Gasteiger partial charge in [-0.2, -0.15) is 11.8 Å². The molecule has 1 fully saturated rings. The zero-order valence-electron chi connectivity index (χ0n) is 10.4. The van der Waals surface area contributed by atoms with Gasteiger partial charge in [-0.3, -0.25) is 0 Å². The molecule has 2 amide bonds. The quantitative estimate of drug-likeness (QED) is 0.705. The molecule has 0 radical (unpaired) electrons. The zero-order valence-corrected chi connectivity index (χ0v) is 11.2.